The number of allylic oxidation sites excluding steroid dienone is 1. The first-order chi connectivity index (χ1) is 6.72. The lowest BCUT2D eigenvalue weighted by Gasteiger charge is -2.00. The summed E-state index contributed by atoms with van der Waals surface area (Å²) in [7, 11) is 0. The summed E-state index contributed by atoms with van der Waals surface area (Å²) in [6, 6.07) is 6.36. The van der Waals surface area contributed by atoms with Crippen molar-refractivity contribution in [3.05, 3.63) is 47.1 Å². The summed E-state index contributed by atoms with van der Waals surface area (Å²) < 4.78 is 3.34. The van der Waals surface area contributed by atoms with Gasteiger partial charge < -0.3 is 4.57 Å². The molecule has 14 heavy (non-hydrogen) atoms. The summed E-state index contributed by atoms with van der Waals surface area (Å²) in [4.78, 5) is 0. The van der Waals surface area contributed by atoms with Gasteiger partial charge in [-0.05, 0) is 30.7 Å². The Bertz CT molecular complexity index is 482. The van der Waals surface area contributed by atoms with E-state index in [0.29, 0.717) is 0 Å². The molecule has 1 aromatic heterocycles. The largest absolute Gasteiger partial charge is 0.343 e. The van der Waals surface area contributed by atoms with Crippen molar-refractivity contribution in [3.63, 3.8) is 0 Å². The van der Waals surface area contributed by atoms with E-state index >= 15 is 0 Å². The van der Waals surface area contributed by atoms with E-state index < -0.39 is 0 Å². The molecule has 0 radical (unpaired) electrons. The number of benzene rings is 1. The molecule has 0 fully saturated rings. The topological polar surface area (TPSA) is 4.93 Å². The Kier molecular flexibility index (Phi) is 2.46. The molecular weight excluding hydrogens is 238 g/mol. The van der Waals surface area contributed by atoms with Crippen LogP contribution in [0.2, 0.25) is 0 Å². The average Bonchev–Trinajstić information content (AvgIpc) is 2.44. The molecule has 1 nitrogen and oxygen atoms in total. The summed E-state index contributed by atoms with van der Waals surface area (Å²) in [5, 5.41) is 1.31. The number of hydrogen-bond acceptors (Lipinski definition) is 0. The van der Waals surface area contributed by atoms with Crippen LogP contribution in [0.5, 0.6) is 0 Å². The van der Waals surface area contributed by atoms with E-state index in [1.54, 1.807) is 0 Å². The van der Waals surface area contributed by atoms with Crippen LogP contribution in [-0.4, -0.2) is 4.57 Å². The first-order valence-electron chi connectivity index (χ1n) is 4.58. The van der Waals surface area contributed by atoms with Gasteiger partial charge >= 0.3 is 0 Å². The van der Waals surface area contributed by atoms with Crippen LogP contribution in [0.3, 0.4) is 0 Å². The summed E-state index contributed by atoms with van der Waals surface area (Å²) in [6.07, 6.45) is 4.08. The standard InChI is InChI=1S/C12H12BrN/c1-3-6-14-8-9(2)11-7-10(13)4-5-12(11)14/h3-5,7-8H,1,6H2,2H3. The third-order valence-electron chi connectivity index (χ3n) is 2.37. The van der Waals surface area contributed by atoms with Gasteiger partial charge in [0.2, 0.25) is 0 Å². The van der Waals surface area contributed by atoms with Crippen LogP contribution in [0.4, 0.5) is 0 Å². The predicted molar refractivity (Wildman–Crippen MR) is 64.6 cm³/mol. The number of nitrogens with zero attached hydrogens (tertiary/aromatic N) is 1. The van der Waals surface area contributed by atoms with Crippen molar-refractivity contribution in [1.82, 2.24) is 4.57 Å². The molecule has 2 heteroatoms. The summed E-state index contributed by atoms with van der Waals surface area (Å²) >= 11 is 3.49. The molecule has 0 bridgehead atoms. The van der Waals surface area contributed by atoms with E-state index in [1.165, 1.54) is 16.5 Å². The fraction of sp³-hybridized carbons (Fsp3) is 0.167. The molecule has 1 heterocycles. The molecule has 72 valence electrons. The Balaban J connectivity index is 2.70. The lowest BCUT2D eigenvalue weighted by atomic mass is 10.2. The third kappa shape index (κ3) is 1.50. The van der Waals surface area contributed by atoms with Crippen molar-refractivity contribution >= 4 is 26.8 Å². The Morgan fingerprint density at radius 1 is 1.50 bits per heavy atom. The van der Waals surface area contributed by atoms with Gasteiger partial charge in [-0.15, -0.1) is 6.58 Å². The Labute approximate surface area is 92.2 Å². The summed E-state index contributed by atoms with van der Waals surface area (Å²) in [5.41, 5.74) is 2.58. The summed E-state index contributed by atoms with van der Waals surface area (Å²) in [5.74, 6) is 0. The van der Waals surface area contributed by atoms with Gasteiger partial charge in [0.15, 0.2) is 0 Å². The zero-order chi connectivity index (χ0) is 10.1. The number of halogens is 1. The maximum absolute atomic E-state index is 3.76. The van der Waals surface area contributed by atoms with Crippen LogP contribution in [-0.2, 0) is 6.54 Å². The van der Waals surface area contributed by atoms with Crippen molar-refractivity contribution in [2.45, 2.75) is 13.5 Å². The molecule has 2 rings (SSSR count). The van der Waals surface area contributed by atoms with E-state index in [9.17, 15) is 0 Å². The molecular formula is C12H12BrN. The maximum Gasteiger partial charge on any atom is 0.0486 e. The van der Waals surface area contributed by atoms with Crippen molar-refractivity contribution < 1.29 is 0 Å². The molecule has 0 saturated carbocycles. The minimum Gasteiger partial charge on any atom is -0.343 e. The second kappa shape index (κ2) is 3.62. The fourth-order valence-electron chi connectivity index (χ4n) is 1.74. The maximum atomic E-state index is 3.76. The first kappa shape index (κ1) is 9.53. The highest BCUT2D eigenvalue weighted by molar-refractivity contribution is 9.10. The second-order valence-electron chi connectivity index (χ2n) is 3.41. The lowest BCUT2D eigenvalue weighted by Crippen LogP contribution is -1.91. The van der Waals surface area contributed by atoms with Crippen LogP contribution in [0.1, 0.15) is 5.56 Å². The van der Waals surface area contributed by atoms with Crippen LogP contribution in [0.25, 0.3) is 10.9 Å². The van der Waals surface area contributed by atoms with Crippen molar-refractivity contribution in [2.75, 3.05) is 0 Å². The highest BCUT2D eigenvalue weighted by Gasteiger charge is 2.03. The van der Waals surface area contributed by atoms with Gasteiger partial charge in [0.25, 0.3) is 0 Å². The molecule has 0 spiro atoms. The monoisotopic (exact) mass is 249 g/mol. The van der Waals surface area contributed by atoms with Gasteiger partial charge in [-0.2, -0.15) is 0 Å². The predicted octanol–water partition coefficient (Wildman–Crippen LogP) is 3.90. The van der Waals surface area contributed by atoms with Crippen LogP contribution < -0.4 is 0 Å². The Morgan fingerprint density at radius 3 is 3.00 bits per heavy atom. The van der Waals surface area contributed by atoms with Crippen LogP contribution >= 0.6 is 15.9 Å². The SMILES string of the molecule is C=CCn1cc(C)c2cc(Br)ccc21. The molecule has 0 N–H and O–H groups in total. The van der Waals surface area contributed by atoms with Gasteiger partial charge in [-0.1, -0.05) is 22.0 Å². The highest BCUT2D eigenvalue weighted by Crippen LogP contribution is 2.24. The quantitative estimate of drug-likeness (QED) is 0.712. The smallest absolute Gasteiger partial charge is 0.0486 e. The van der Waals surface area contributed by atoms with E-state index in [1.807, 2.05) is 6.08 Å². The van der Waals surface area contributed by atoms with Crippen molar-refractivity contribution in [3.8, 4) is 0 Å². The molecule has 1 aromatic carbocycles. The van der Waals surface area contributed by atoms with Gasteiger partial charge in [0.1, 0.15) is 0 Å². The molecule has 0 unspecified atom stereocenters. The minimum atomic E-state index is 0.867. The van der Waals surface area contributed by atoms with Crippen LogP contribution in [0, 0.1) is 6.92 Å². The Morgan fingerprint density at radius 2 is 2.29 bits per heavy atom. The molecule has 0 amide bonds. The summed E-state index contributed by atoms with van der Waals surface area (Å²) in [6.45, 7) is 6.76. The number of hydrogen-bond donors (Lipinski definition) is 0. The molecule has 2 aromatic rings. The minimum absolute atomic E-state index is 0.867. The highest BCUT2D eigenvalue weighted by atomic mass is 79.9. The third-order valence-corrected chi connectivity index (χ3v) is 2.86. The van der Waals surface area contributed by atoms with Crippen LogP contribution in [0.15, 0.2) is 41.5 Å². The Hall–Kier alpha value is -1.02. The first-order valence-corrected chi connectivity index (χ1v) is 5.37. The lowest BCUT2D eigenvalue weighted by molar-refractivity contribution is 0.862. The van der Waals surface area contributed by atoms with Gasteiger partial charge in [0.05, 0.1) is 0 Å². The van der Waals surface area contributed by atoms with Crippen molar-refractivity contribution in [2.24, 2.45) is 0 Å². The zero-order valence-electron chi connectivity index (χ0n) is 8.13. The van der Waals surface area contributed by atoms with E-state index in [-0.39, 0.29) is 0 Å². The molecule has 0 atom stereocenters. The average molecular weight is 250 g/mol. The molecule has 0 aliphatic carbocycles. The zero-order valence-corrected chi connectivity index (χ0v) is 9.71. The fourth-order valence-corrected chi connectivity index (χ4v) is 2.10. The number of rotatable bonds is 2. The molecule has 0 aliphatic heterocycles. The number of aromatic nitrogens is 1. The van der Waals surface area contributed by atoms with E-state index in [0.717, 1.165) is 11.0 Å². The molecule has 0 aliphatic rings. The van der Waals surface area contributed by atoms with Gasteiger partial charge in [-0.25, -0.2) is 0 Å². The van der Waals surface area contributed by atoms with Gasteiger partial charge in [0, 0.05) is 28.1 Å². The normalized spacial score (nSPS) is 10.7. The van der Waals surface area contributed by atoms with Crippen molar-refractivity contribution in [1.29, 1.82) is 0 Å². The van der Waals surface area contributed by atoms with Gasteiger partial charge in [-0.3, -0.25) is 0 Å². The molecule has 0 saturated heterocycles. The second-order valence-corrected chi connectivity index (χ2v) is 4.33. The van der Waals surface area contributed by atoms with E-state index in [2.05, 4.69) is 58.4 Å². The number of fused-ring (bicyclic) bond motifs is 1. The van der Waals surface area contributed by atoms with E-state index in [4.69, 9.17) is 0 Å². The number of aryl methyl sites for hydroxylation is 1.